The van der Waals surface area contributed by atoms with Crippen LogP contribution in [0, 0.1) is 12.3 Å². The number of aromatic nitrogens is 3. The van der Waals surface area contributed by atoms with E-state index < -0.39 is 0 Å². The third-order valence-electron chi connectivity index (χ3n) is 3.27. The van der Waals surface area contributed by atoms with Gasteiger partial charge in [0.25, 0.3) is 5.91 Å². The van der Waals surface area contributed by atoms with Crippen LogP contribution in [-0.4, -0.2) is 20.9 Å². The summed E-state index contributed by atoms with van der Waals surface area (Å²) in [6.45, 7) is 0.567. The molecular weight excluding hydrogens is 288 g/mol. The number of terminal acetylenes is 1. The van der Waals surface area contributed by atoms with Crippen molar-refractivity contribution in [3.8, 4) is 12.3 Å². The highest BCUT2D eigenvalue weighted by Crippen LogP contribution is 2.10. The quantitative estimate of drug-likeness (QED) is 0.754. The van der Waals surface area contributed by atoms with Gasteiger partial charge in [-0.1, -0.05) is 41.5 Å². The van der Waals surface area contributed by atoms with Gasteiger partial charge < -0.3 is 5.32 Å². The summed E-state index contributed by atoms with van der Waals surface area (Å²) in [5.74, 6) is 2.22. The van der Waals surface area contributed by atoms with Crippen molar-refractivity contribution in [2.45, 2.75) is 6.54 Å². The number of carbonyl (C=O) groups excluding carboxylic acids is 1. The monoisotopic (exact) mass is 302 g/mol. The summed E-state index contributed by atoms with van der Waals surface area (Å²) in [5, 5.41) is 10.7. The predicted molar refractivity (Wildman–Crippen MR) is 87.9 cm³/mol. The third-order valence-corrected chi connectivity index (χ3v) is 3.27. The van der Waals surface area contributed by atoms with E-state index >= 15 is 0 Å². The van der Waals surface area contributed by atoms with Crippen LogP contribution in [0.5, 0.6) is 0 Å². The molecule has 1 amide bonds. The number of hydrogen-bond acceptors (Lipinski definition) is 3. The first-order valence-electron chi connectivity index (χ1n) is 7.07. The Bertz CT molecular complexity index is 845. The Balaban J connectivity index is 1.67. The lowest BCUT2D eigenvalue weighted by atomic mass is 10.2. The SMILES string of the molecule is C#Cc1ccc(NC(=O)c2cn(Cc3ccccc3)nn2)cc1. The maximum atomic E-state index is 12.2. The van der Waals surface area contributed by atoms with Crippen LogP contribution in [0.3, 0.4) is 0 Å². The average molecular weight is 302 g/mol. The van der Waals surface area contributed by atoms with Crippen LogP contribution < -0.4 is 5.32 Å². The topological polar surface area (TPSA) is 59.8 Å². The van der Waals surface area contributed by atoms with Gasteiger partial charge in [-0.2, -0.15) is 0 Å². The molecular formula is C18H14N4O. The fraction of sp³-hybridized carbons (Fsp3) is 0.0556. The number of anilines is 1. The summed E-state index contributed by atoms with van der Waals surface area (Å²) in [6.07, 6.45) is 6.92. The molecule has 23 heavy (non-hydrogen) atoms. The van der Waals surface area contributed by atoms with E-state index in [0.717, 1.165) is 11.1 Å². The molecule has 0 fully saturated rings. The molecule has 0 saturated heterocycles. The van der Waals surface area contributed by atoms with Crippen LogP contribution in [0.15, 0.2) is 60.8 Å². The van der Waals surface area contributed by atoms with Gasteiger partial charge in [0.15, 0.2) is 5.69 Å². The first-order valence-corrected chi connectivity index (χ1v) is 7.07. The standard InChI is InChI=1S/C18H14N4O/c1-2-14-8-10-16(11-9-14)19-18(23)17-13-22(21-20-17)12-15-6-4-3-5-7-15/h1,3-11,13H,12H2,(H,19,23). The minimum Gasteiger partial charge on any atom is -0.321 e. The molecule has 0 aliphatic carbocycles. The van der Waals surface area contributed by atoms with Crippen molar-refractivity contribution in [1.82, 2.24) is 15.0 Å². The molecule has 0 spiro atoms. The van der Waals surface area contributed by atoms with Crippen LogP contribution in [0.25, 0.3) is 0 Å². The maximum Gasteiger partial charge on any atom is 0.277 e. The average Bonchev–Trinajstić information content (AvgIpc) is 3.05. The third kappa shape index (κ3) is 3.63. The van der Waals surface area contributed by atoms with Crippen LogP contribution in [0.4, 0.5) is 5.69 Å². The molecule has 0 atom stereocenters. The smallest absolute Gasteiger partial charge is 0.277 e. The molecule has 112 valence electrons. The summed E-state index contributed by atoms with van der Waals surface area (Å²) in [6, 6.07) is 16.9. The lowest BCUT2D eigenvalue weighted by molar-refractivity contribution is 0.102. The minimum absolute atomic E-state index is 0.266. The summed E-state index contributed by atoms with van der Waals surface area (Å²) < 4.78 is 1.63. The van der Waals surface area contributed by atoms with E-state index in [2.05, 4.69) is 21.5 Å². The molecule has 0 radical (unpaired) electrons. The van der Waals surface area contributed by atoms with Gasteiger partial charge in [-0.05, 0) is 29.8 Å². The number of benzene rings is 2. The molecule has 0 bridgehead atoms. The summed E-state index contributed by atoms with van der Waals surface area (Å²) >= 11 is 0. The van der Waals surface area contributed by atoms with E-state index in [9.17, 15) is 4.79 Å². The molecule has 5 heteroatoms. The molecule has 0 saturated carbocycles. The predicted octanol–water partition coefficient (Wildman–Crippen LogP) is 2.56. The minimum atomic E-state index is -0.308. The molecule has 1 heterocycles. The van der Waals surface area contributed by atoms with E-state index in [1.807, 2.05) is 30.3 Å². The second-order valence-electron chi connectivity index (χ2n) is 4.96. The van der Waals surface area contributed by atoms with Gasteiger partial charge in [-0.3, -0.25) is 4.79 Å². The maximum absolute atomic E-state index is 12.2. The fourth-order valence-electron chi connectivity index (χ4n) is 2.10. The highest BCUT2D eigenvalue weighted by Gasteiger charge is 2.11. The Morgan fingerprint density at radius 2 is 1.87 bits per heavy atom. The van der Waals surface area contributed by atoms with Crippen molar-refractivity contribution >= 4 is 11.6 Å². The Morgan fingerprint density at radius 1 is 1.13 bits per heavy atom. The molecule has 3 aromatic rings. The molecule has 0 unspecified atom stereocenters. The second kappa shape index (κ2) is 6.58. The Hall–Kier alpha value is -3.39. The number of amides is 1. The van der Waals surface area contributed by atoms with Crippen molar-refractivity contribution in [1.29, 1.82) is 0 Å². The molecule has 2 aromatic carbocycles. The first kappa shape index (κ1) is 14.5. The zero-order valence-electron chi connectivity index (χ0n) is 12.3. The Morgan fingerprint density at radius 3 is 2.57 bits per heavy atom. The van der Waals surface area contributed by atoms with Crippen molar-refractivity contribution < 1.29 is 4.79 Å². The van der Waals surface area contributed by atoms with Crippen LogP contribution >= 0.6 is 0 Å². The highest BCUT2D eigenvalue weighted by molar-refractivity contribution is 6.02. The molecule has 0 aliphatic heterocycles. The number of carbonyl (C=O) groups is 1. The van der Waals surface area contributed by atoms with E-state index in [4.69, 9.17) is 6.42 Å². The van der Waals surface area contributed by atoms with Crippen molar-refractivity contribution in [3.05, 3.63) is 77.6 Å². The lowest BCUT2D eigenvalue weighted by Gasteiger charge is -2.02. The Labute approximate surface area is 134 Å². The summed E-state index contributed by atoms with van der Waals surface area (Å²) in [7, 11) is 0. The molecule has 3 rings (SSSR count). The van der Waals surface area contributed by atoms with Gasteiger partial charge in [-0.25, -0.2) is 4.68 Å². The van der Waals surface area contributed by atoms with Crippen molar-refractivity contribution in [2.24, 2.45) is 0 Å². The van der Waals surface area contributed by atoms with E-state index in [1.165, 1.54) is 0 Å². The van der Waals surface area contributed by atoms with Gasteiger partial charge in [0.1, 0.15) is 0 Å². The Kier molecular flexibility index (Phi) is 4.16. The molecule has 1 N–H and O–H groups in total. The van der Waals surface area contributed by atoms with Gasteiger partial charge in [-0.15, -0.1) is 11.5 Å². The summed E-state index contributed by atoms with van der Waals surface area (Å²) in [4.78, 5) is 12.2. The van der Waals surface area contributed by atoms with Gasteiger partial charge >= 0.3 is 0 Å². The number of hydrogen-bond donors (Lipinski definition) is 1. The van der Waals surface area contributed by atoms with E-state index in [1.54, 1.807) is 35.1 Å². The first-order chi connectivity index (χ1) is 11.2. The number of nitrogens with zero attached hydrogens (tertiary/aromatic N) is 3. The van der Waals surface area contributed by atoms with Gasteiger partial charge in [0, 0.05) is 11.3 Å². The van der Waals surface area contributed by atoms with Crippen molar-refractivity contribution in [3.63, 3.8) is 0 Å². The van der Waals surface area contributed by atoms with Gasteiger partial charge in [0.05, 0.1) is 12.7 Å². The second-order valence-corrected chi connectivity index (χ2v) is 4.96. The summed E-state index contributed by atoms with van der Waals surface area (Å²) in [5.41, 5.74) is 2.78. The normalized spacial score (nSPS) is 10.0. The lowest BCUT2D eigenvalue weighted by Crippen LogP contribution is -2.12. The highest BCUT2D eigenvalue weighted by atomic mass is 16.2. The van der Waals surface area contributed by atoms with Crippen LogP contribution in [0.2, 0.25) is 0 Å². The van der Waals surface area contributed by atoms with E-state index in [0.29, 0.717) is 12.2 Å². The molecule has 0 aliphatic rings. The zero-order valence-corrected chi connectivity index (χ0v) is 12.3. The number of nitrogens with one attached hydrogen (secondary N) is 1. The van der Waals surface area contributed by atoms with Crippen molar-refractivity contribution in [2.75, 3.05) is 5.32 Å². The zero-order chi connectivity index (χ0) is 16.1. The van der Waals surface area contributed by atoms with Gasteiger partial charge in [0.2, 0.25) is 0 Å². The molecule has 5 nitrogen and oxygen atoms in total. The van der Waals surface area contributed by atoms with Crippen LogP contribution in [-0.2, 0) is 6.54 Å². The van der Waals surface area contributed by atoms with Crippen LogP contribution in [0.1, 0.15) is 21.6 Å². The fourth-order valence-corrected chi connectivity index (χ4v) is 2.10. The molecule has 1 aromatic heterocycles. The number of rotatable bonds is 4. The largest absolute Gasteiger partial charge is 0.321 e. The van der Waals surface area contributed by atoms with E-state index in [-0.39, 0.29) is 11.6 Å².